The van der Waals surface area contributed by atoms with Crippen molar-refractivity contribution in [2.75, 3.05) is 5.32 Å². The van der Waals surface area contributed by atoms with Gasteiger partial charge in [-0.15, -0.1) is 0 Å². The van der Waals surface area contributed by atoms with Crippen molar-refractivity contribution in [3.8, 4) is 0 Å². The van der Waals surface area contributed by atoms with Crippen LogP contribution in [0.3, 0.4) is 0 Å². The number of hydrogen-bond acceptors (Lipinski definition) is 2. The van der Waals surface area contributed by atoms with Crippen molar-refractivity contribution in [3.05, 3.63) is 65.2 Å². The summed E-state index contributed by atoms with van der Waals surface area (Å²) in [5, 5.41) is 5.56. The molecule has 2 aromatic carbocycles. The first-order valence-electron chi connectivity index (χ1n) is 8.38. The van der Waals surface area contributed by atoms with Gasteiger partial charge in [0.1, 0.15) is 0 Å². The molecule has 0 aliphatic heterocycles. The third-order valence-corrected chi connectivity index (χ3v) is 4.11. The quantitative estimate of drug-likeness (QED) is 0.746. The van der Waals surface area contributed by atoms with E-state index in [1.54, 1.807) is 0 Å². The van der Waals surface area contributed by atoms with Gasteiger partial charge < -0.3 is 16.4 Å². The monoisotopic (exact) mass is 339 g/mol. The molecule has 25 heavy (non-hydrogen) atoms. The second kappa shape index (κ2) is 8.33. The van der Waals surface area contributed by atoms with Gasteiger partial charge in [-0.05, 0) is 41.7 Å². The Morgan fingerprint density at radius 3 is 2.44 bits per heavy atom. The molecule has 0 spiro atoms. The topological polar surface area (TPSA) is 84.2 Å². The lowest BCUT2D eigenvalue weighted by Crippen LogP contribution is -2.35. The van der Waals surface area contributed by atoms with Crippen LogP contribution in [-0.2, 0) is 4.79 Å². The minimum Gasteiger partial charge on any atom is -0.352 e. The van der Waals surface area contributed by atoms with E-state index in [1.807, 2.05) is 55.5 Å². The average molecular weight is 339 g/mol. The summed E-state index contributed by atoms with van der Waals surface area (Å²) in [6.07, 6.45) is 0.111. The molecule has 132 valence electrons. The molecule has 0 aliphatic carbocycles. The number of rotatable bonds is 6. The first-order valence-corrected chi connectivity index (χ1v) is 8.38. The highest BCUT2D eigenvalue weighted by molar-refractivity contribution is 5.91. The zero-order chi connectivity index (χ0) is 18.4. The Morgan fingerprint density at radius 1 is 1.08 bits per heavy atom. The van der Waals surface area contributed by atoms with Crippen molar-refractivity contribution >= 4 is 17.6 Å². The first-order chi connectivity index (χ1) is 11.9. The lowest BCUT2D eigenvalue weighted by Gasteiger charge is -2.20. The fourth-order valence-corrected chi connectivity index (χ4v) is 2.76. The highest BCUT2D eigenvalue weighted by Crippen LogP contribution is 2.22. The van der Waals surface area contributed by atoms with Crippen LogP contribution in [0.15, 0.2) is 48.5 Å². The summed E-state index contributed by atoms with van der Waals surface area (Å²) in [5.41, 5.74) is 9.06. The Bertz CT molecular complexity index is 756. The molecular formula is C20H25N3O2. The number of anilines is 1. The number of hydrogen-bond donors (Lipinski definition) is 3. The van der Waals surface area contributed by atoms with E-state index >= 15 is 0 Å². The fraction of sp³-hybridized carbons (Fsp3) is 0.300. The van der Waals surface area contributed by atoms with E-state index < -0.39 is 12.1 Å². The number of urea groups is 1. The Morgan fingerprint density at radius 2 is 1.80 bits per heavy atom. The molecule has 5 nitrogen and oxygen atoms in total. The predicted octanol–water partition coefficient (Wildman–Crippen LogP) is 3.86. The standard InChI is InChI=1S/C20H25N3O2/c1-13(2)15-8-6-9-16(11-15)22-19(24)12-18(23-20(21)25)17-10-5-4-7-14(17)3/h4-11,13,18H,12H2,1-3H3,(H,22,24)(H3,21,23,25). The maximum atomic E-state index is 12.5. The molecular weight excluding hydrogens is 314 g/mol. The Labute approximate surface area is 148 Å². The van der Waals surface area contributed by atoms with Gasteiger partial charge in [0.15, 0.2) is 0 Å². The minimum absolute atomic E-state index is 0.111. The fourth-order valence-electron chi connectivity index (χ4n) is 2.76. The van der Waals surface area contributed by atoms with Crippen LogP contribution in [0.5, 0.6) is 0 Å². The molecule has 0 fully saturated rings. The van der Waals surface area contributed by atoms with E-state index in [9.17, 15) is 9.59 Å². The number of amides is 3. The van der Waals surface area contributed by atoms with Crippen LogP contribution in [0.2, 0.25) is 0 Å². The number of benzene rings is 2. The van der Waals surface area contributed by atoms with E-state index in [1.165, 1.54) is 0 Å². The maximum Gasteiger partial charge on any atom is 0.312 e. The number of carbonyl (C=O) groups is 2. The highest BCUT2D eigenvalue weighted by atomic mass is 16.2. The van der Waals surface area contributed by atoms with E-state index in [4.69, 9.17) is 5.73 Å². The van der Waals surface area contributed by atoms with Crippen LogP contribution in [0.25, 0.3) is 0 Å². The Balaban J connectivity index is 2.13. The minimum atomic E-state index is -0.650. The molecule has 0 heterocycles. The number of carbonyl (C=O) groups excluding carboxylic acids is 2. The van der Waals surface area contributed by atoms with Gasteiger partial charge in [-0.25, -0.2) is 4.79 Å². The second-order valence-electron chi connectivity index (χ2n) is 6.45. The van der Waals surface area contributed by atoms with Gasteiger partial charge in [0, 0.05) is 5.69 Å². The van der Waals surface area contributed by atoms with Gasteiger partial charge in [0.2, 0.25) is 5.91 Å². The summed E-state index contributed by atoms with van der Waals surface area (Å²) in [6, 6.07) is 14.3. The highest BCUT2D eigenvalue weighted by Gasteiger charge is 2.19. The molecule has 2 rings (SSSR count). The van der Waals surface area contributed by atoms with E-state index in [2.05, 4.69) is 24.5 Å². The smallest absolute Gasteiger partial charge is 0.312 e. The van der Waals surface area contributed by atoms with Crippen LogP contribution in [0, 0.1) is 6.92 Å². The van der Waals surface area contributed by atoms with Crippen LogP contribution in [0.1, 0.15) is 48.9 Å². The van der Waals surface area contributed by atoms with Gasteiger partial charge in [0.05, 0.1) is 12.5 Å². The van der Waals surface area contributed by atoms with Gasteiger partial charge in [-0.2, -0.15) is 0 Å². The van der Waals surface area contributed by atoms with Crippen LogP contribution in [-0.4, -0.2) is 11.9 Å². The number of primary amides is 1. The third kappa shape index (κ3) is 5.35. The molecule has 0 aliphatic rings. The normalized spacial score (nSPS) is 11.8. The number of aryl methyl sites for hydroxylation is 1. The molecule has 5 heteroatoms. The van der Waals surface area contributed by atoms with Crippen molar-refractivity contribution in [2.45, 2.75) is 39.2 Å². The van der Waals surface area contributed by atoms with Crippen LogP contribution >= 0.6 is 0 Å². The molecule has 0 saturated carbocycles. The van der Waals surface area contributed by atoms with E-state index in [0.717, 1.165) is 22.4 Å². The maximum absolute atomic E-state index is 12.5. The average Bonchev–Trinajstić information content (AvgIpc) is 2.54. The SMILES string of the molecule is Cc1ccccc1C(CC(=O)Nc1cccc(C(C)C)c1)NC(N)=O. The van der Waals surface area contributed by atoms with E-state index in [0.29, 0.717) is 5.92 Å². The van der Waals surface area contributed by atoms with E-state index in [-0.39, 0.29) is 12.3 Å². The summed E-state index contributed by atoms with van der Waals surface area (Å²) < 4.78 is 0. The summed E-state index contributed by atoms with van der Waals surface area (Å²) in [4.78, 5) is 23.8. The van der Waals surface area contributed by atoms with Gasteiger partial charge >= 0.3 is 6.03 Å². The number of nitrogens with one attached hydrogen (secondary N) is 2. The van der Waals surface area contributed by atoms with Gasteiger partial charge in [0.25, 0.3) is 0 Å². The molecule has 0 bridgehead atoms. The Kier molecular flexibility index (Phi) is 6.17. The summed E-state index contributed by atoms with van der Waals surface area (Å²) in [5.74, 6) is 0.205. The largest absolute Gasteiger partial charge is 0.352 e. The summed E-state index contributed by atoms with van der Waals surface area (Å²) >= 11 is 0. The molecule has 1 atom stereocenters. The van der Waals surface area contributed by atoms with Gasteiger partial charge in [-0.1, -0.05) is 50.2 Å². The summed E-state index contributed by atoms with van der Waals surface area (Å²) in [7, 11) is 0. The molecule has 3 amide bonds. The molecule has 0 radical (unpaired) electrons. The van der Waals surface area contributed by atoms with Crippen molar-refractivity contribution < 1.29 is 9.59 Å². The van der Waals surface area contributed by atoms with Gasteiger partial charge in [-0.3, -0.25) is 4.79 Å². The van der Waals surface area contributed by atoms with Crippen molar-refractivity contribution in [3.63, 3.8) is 0 Å². The van der Waals surface area contributed by atoms with Crippen LogP contribution < -0.4 is 16.4 Å². The van der Waals surface area contributed by atoms with Crippen molar-refractivity contribution in [1.82, 2.24) is 5.32 Å². The van der Waals surface area contributed by atoms with Crippen molar-refractivity contribution in [1.29, 1.82) is 0 Å². The summed E-state index contributed by atoms with van der Waals surface area (Å²) in [6.45, 7) is 6.15. The predicted molar refractivity (Wildman–Crippen MR) is 100 cm³/mol. The zero-order valence-electron chi connectivity index (χ0n) is 14.9. The molecule has 2 aromatic rings. The van der Waals surface area contributed by atoms with Crippen molar-refractivity contribution in [2.24, 2.45) is 5.73 Å². The third-order valence-electron chi connectivity index (χ3n) is 4.11. The second-order valence-corrected chi connectivity index (χ2v) is 6.45. The molecule has 1 unspecified atom stereocenters. The molecule has 4 N–H and O–H groups in total. The van der Waals surface area contributed by atoms with Crippen LogP contribution in [0.4, 0.5) is 10.5 Å². The lowest BCUT2D eigenvalue weighted by atomic mass is 9.98. The number of nitrogens with two attached hydrogens (primary N) is 1. The molecule has 0 aromatic heterocycles. The first kappa shape index (κ1) is 18.5. The zero-order valence-corrected chi connectivity index (χ0v) is 14.9. The lowest BCUT2D eigenvalue weighted by molar-refractivity contribution is -0.116. The molecule has 0 saturated heterocycles. The Hall–Kier alpha value is -2.82.